The van der Waals surface area contributed by atoms with Crippen molar-refractivity contribution in [1.82, 2.24) is 0 Å². The molecule has 3 heteroatoms. The molecule has 0 amide bonds. The minimum Gasteiger partial charge on any atom is -1.00 e. The predicted octanol–water partition coefficient (Wildman–Crippen LogP) is 7.25. The molecule has 0 heterocycles. The Kier molecular flexibility index (Phi) is 17.9. The summed E-state index contributed by atoms with van der Waals surface area (Å²) >= 11 is 0. The van der Waals surface area contributed by atoms with Gasteiger partial charge in [0.2, 0.25) is 0 Å². The molecular weight excluding hydrogens is 329 g/mol. The standard InChI is InChI=1S/C24H36O2.Be.2H/c1-2-3-4-5-6-7-8-9-10-11-12-13-14-15-19-22-24(25)26-23-20-17-16-18-21-23;;;/h6-7,9-10,16-18,20-21H,2-5,8,11-15,19,22H2,1H3;;;/q;+2;2*-1/b7-6-,10-9-;;;. The third kappa shape index (κ3) is 16.3. The van der Waals surface area contributed by atoms with Crippen LogP contribution in [0, 0.1) is 0 Å². The maximum Gasteiger partial charge on any atom is 2.00 e. The first-order chi connectivity index (χ1) is 12.8. The predicted molar refractivity (Wildman–Crippen MR) is 119 cm³/mol. The zero-order chi connectivity index (χ0) is 18.7. The van der Waals surface area contributed by atoms with E-state index < -0.39 is 0 Å². The van der Waals surface area contributed by atoms with Crippen molar-refractivity contribution in [3.63, 3.8) is 0 Å². The van der Waals surface area contributed by atoms with Gasteiger partial charge in [-0.3, -0.25) is 4.79 Å². The second-order valence-corrected chi connectivity index (χ2v) is 6.77. The van der Waals surface area contributed by atoms with E-state index in [1.165, 1.54) is 51.4 Å². The van der Waals surface area contributed by atoms with E-state index in [4.69, 9.17) is 4.74 Å². The van der Waals surface area contributed by atoms with E-state index in [9.17, 15) is 4.79 Å². The molecule has 0 saturated heterocycles. The van der Waals surface area contributed by atoms with Gasteiger partial charge in [0.15, 0.2) is 0 Å². The van der Waals surface area contributed by atoms with Crippen molar-refractivity contribution in [2.75, 3.05) is 0 Å². The molecule has 0 spiro atoms. The number of hydrogen-bond acceptors (Lipinski definition) is 2. The van der Waals surface area contributed by atoms with E-state index in [0.29, 0.717) is 12.2 Å². The summed E-state index contributed by atoms with van der Waals surface area (Å²) in [5, 5.41) is 0. The van der Waals surface area contributed by atoms with Gasteiger partial charge in [-0.05, 0) is 50.7 Å². The summed E-state index contributed by atoms with van der Waals surface area (Å²) in [4.78, 5) is 11.7. The molecule has 0 bridgehead atoms. The summed E-state index contributed by atoms with van der Waals surface area (Å²) in [5.74, 6) is 0.516. The van der Waals surface area contributed by atoms with E-state index >= 15 is 0 Å². The molecule has 0 atom stereocenters. The molecule has 27 heavy (non-hydrogen) atoms. The summed E-state index contributed by atoms with van der Waals surface area (Å²) in [6, 6.07) is 9.29. The fourth-order valence-corrected chi connectivity index (χ4v) is 2.75. The van der Waals surface area contributed by atoms with E-state index in [1.54, 1.807) is 0 Å². The van der Waals surface area contributed by atoms with Crippen LogP contribution in [0.4, 0.5) is 0 Å². The average Bonchev–Trinajstić information content (AvgIpc) is 2.65. The SMILES string of the molecule is CCCCC/C=C\C/C=C\CCCCCCCC(=O)Oc1ccccc1.[Be+2].[H-].[H-]. The Morgan fingerprint density at radius 3 is 2.11 bits per heavy atom. The summed E-state index contributed by atoms with van der Waals surface area (Å²) in [6.07, 6.45) is 22.8. The summed E-state index contributed by atoms with van der Waals surface area (Å²) < 4.78 is 5.28. The van der Waals surface area contributed by atoms with Crippen LogP contribution in [0.15, 0.2) is 54.6 Å². The molecule has 2 nitrogen and oxygen atoms in total. The van der Waals surface area contributed by atoms with Gasteiger partial charge < -0.3 is 7.59 Å². The summed E-state index contributed by atoms with van der Waals surface area (Å²) in [5.41, 5.74) is 0. The first kappa shape index (κ1) is 25.3. The minimum absolute atomic E-state index is 0. The van der Waals surface area contributed by atoms with Crippen LogP contribution in [0.3, 0.4) is 0 Å². The Bertz CT molecular complexity index is 519. The van der Waals surface area contributed by atoms with Crippen molar-refractivity contribution in [3.8, 4) is 5.75 Å². The molecule has 0 unspecified atom stereocenters. The second kappa shape index (κ2) is 19.1. The van der Waals surface area contributed by atoms with Crippen molar-refractivity contribution in [2.24, 2.45) is 0 Å². The maximum atomic E-state index is 11.7. The van der Waals surface area contributed by atoms with Crippen LogP contribution in [-0.2, 0) is 4.79 Å². The molecule has 1 rings (SSSR count). The molecule has 148 valence electrons. The molecule has 0 radical (unpaired) electrons. The summed E-state index contributed by atoms with van der Waals surface area (Å²) in [6.45, 7) is 2.24. The van der Waals surface area contributed by atoms with Crippen LogP contribution < -0.4 is 4.74 Å². The Morgan fingerprint density at radius 1 is 0.852 bits per heavy atom. The van der Waals surface area contributed by atoms with Gasteiger partial charge in [-0.1, -0.05) is 81.5 Å². The van der Waals surface area contributed by atoms with Crippen LogP contribution in [0.2, 0.25) is 0 Å². The smallest absolute Gasteiger partial charge is 1.00 e. The fraction of sp³-hybridized carbons (Fsp3) is 0.542. The van der Waals surface area contributed by atoms with Crippen molar-refractivity contribution in [2.45, 2.75) is 84.0 Å². The topological polar surface area (TPSA) is 26.3 Å². The van der Waals surface area contributed by atoms with Gasteiger partial charge in [-0.15, -0.1) is 0 Å². The third-order valence-electron chi connectivity index (χ3n) is 4.31. The van der Waals surface area contributed by atoms with Crippen molar-refractivity contribution in [1.29, 1.82) is 0 Å². The Morgan fingerprint density at radius 2 is 1.44 bits per heavy atom. The molecule has 0 aliphatic rings. The minimum atomic E-state index is -0.123. The van der Waals surface area contributed by atoms with Gasteiger partial charge in [0.25, 0.3) is 0 Å². The van der Waals surface area contributed by atoms with Crippen molar-refractivity contribution >= 4 is 16.1 Å². The van der Waals surface area contributed by atoms with Crippen molar-refractivity contribution in [3.05, 3.63) is 54.6 Å². The van der Waals surface area contributed by atoms with Gasteiger partial charge in [0.1, 0.15) is 5.75 Å². The van der Waals surface area contributed by atoms with Gasteiger partial charge in [-0.2, -0.15) is 0 Å². The van der Waals surface area contributed by atoms with Crippen LogP contribution in [-0.4, -0.2) is 16.1 Å². The quantitative estimate of drug-likeness (QED) is 0.107. The molecule has 0 fully saturated rings. The van der Waals surface area contributed by atoms with E-state index in [0.717, 1.165) is 19.3 Å². The van der Waals surface area contributed by atoms with Crippen LogP contribution >= 0.6 is 0 Å². The molecule has 0 aliphatic carbocycles. The number of unbranched alkanes of at least 4 members (excludes halogenated alkanes) is 8. The zero-order valence-electron chi connectivity index (χ0n) is 19.2. The number of ether oxygens (including phenoxy) is 1. The largest absolute Gasteiger partial charge is 2.00 e. The van der Waals surface area contributed by atoms with Gasteiger partial charge in [0.05, 0.1) is 0 Å². The number of hydrogen-bond donors (Lipinski definition) is 0. The monoisotopic (exact) mass is 367 g/mol. The molecule has 0 aromatic heterocycles. The second-order valence-electron chi connectivity index (χ2n) is 6.77. The molecule has 1 aromatic carbocycles. The van der Waals surface area contributed by atoms with E-state index in [1.807, 2.05) is 30.3 Å². The molecule has 1 aromatic rings. The third-order valence-corrected chi connectivity index (χ3v) is 4.31. The number of carbonyl (C=O) groups is 1. The Labute approximate surface area is 173 Å². The fourth-order valence-electron chi connectivity index (χ4n) is 2.75. The Hall–Kier alpha value is -1.66. The number of para-hydroxylation sites is 1. The van der Waals surface area contributed by atoms with Crippen LogP contribution in [0.1, 0.15) is 86.8 Å². The molecular formula is C24H38BeO2. The Balaban J connectivity index is -0.00000225. The van der Waals surface area contributed by atoms with Crippen LogP contribution in [0.5, 0.6) is 5.75 Å². The number of benzene rings is 1. The normalized spacial score (nSPS) is 11.0. The molecule has 0 aliphatic heterocycles. The van der Waals surface area contributed by atoms with Crippen LogP contribution in [0.25, 0.3) is 0 Å². The van der Waals surface area contributed by atoms with E-state index in [-0.39, 0.29) is 18.9 Å². The first-order valence-electron chi connectivity index (χ1n) is 10.4. The van der Waals surface area contributed by atoms with Crippen molar-refractivity contribution < 1.29 is 12.4 Å². The number of rotatable bonds is 15. The van der Waals surface area contributed by atoms with Gasteiger partial charge >= 0.3 is 16.1 Å². The first-order valence-corrected chi connectivity index (χ1v) is 10.4. The molecule has 0 N–H and O–H groups in total. The van der Waals surface area contributed by atoms with Gasteiger partial charge in [0, 0.05) is 6.42 Å². The zero-order valence-corrected chi connectivity index (χ0v) is 17.2. The number of allylic oxidation sites excluding steroid dienone is 4. The van der Waals surface area contributed by atoms with E-state index in [2.05, 4.69) is 31.2 Å². The van der Waals surface area contributed by atoms with Gasteiger partial charge in [-0.25, -0.2) is 0 Å². The number of esters is 1. The summed E-state index contributed by atoms with van der Waals surface area (Å²) in [7, 11) is 0. The maximum absolute atomic E-state index is 11.7. The molecule has 0 saturated carbocycles. The number of carbonyl (C=O) groups excluding carboxylic acids is 1. The average molecular weight is 368 g/mol.